The lowest BCUT2D eigenvalue weighted by atomic mass is 9.94. The Bertz CT molecular complexity index is 2630. The Balaban J connectivity index is 0.809. The first-order valence-corrected chi connectivity index (χ1v) is 21.6. The highest BCUT2D eigenvalue weighted by atomic mass is 19.1. The van der Waals surface area contributed by atoms with Gasteiger partial charge in [-0.25, -0.2) is 18.4 Å². The number of pyridine rings is 1. The van der Waals surface area contributed by atoms with Crippen molar-refractivity contribution >= 4 is 57.3 Å². The summed E-state index contributed by atoms with van der Waals surface area (Å²) in [6, 6.07) is 9.98. The Kier molecular flexibility index (Phi) is 11.9. The van der Waals surface area contributed by atoms with Gasteiger partial charge in [-0.15, -0.1) is 10.2 Å². The van der Waals surface area contributed by atoms with Crippen LogP contribution in [0.1, 0.15) is 78.1 Å². The number of nitrogens with one attached hydrogen (secondary N) is 3. The highest BCUT2D eigenvalue weighted by Gasteiger charge is 2.31. The third-order valence-electron chi connectivity index (χ3n) is 13.0. The fourth-order valence-corrected chi connectivity index (χ4v) is 9.47. The van der Waals surface area contributed by atoms with Crippen LogP contribution in [0.5, 0.6) is 5.75 Å². The maximum Gasteiger partial charge on any atom is 0.259 e. The summed E-state index contributed by atoms with van der Waals surface area (Å²) in [6.07, 6.45) is 9.71. The van der Waals surface area contributed by atoms with E-state index in [4.69, 9.17) is 9.84 Å². The summed E-state index contributed by atoms with van der Waals surface area (Å²) in [5, 5.41) is 22.5. The zero-order valence-corrected chi connectivity index (χ0v) is 35.0. The summed E-state index contributed by atoms with van der Waals surface area (Å²) in [6.45, 7) is 5.39. The molecule has 4 saturated heterocycles. The van der Waals surface area contributed by atoms with Gasteiger partial charge < -0.3 is 35.4 Å². The number of alkyl halides is 1. The molecule has 3 N–H and O–H groups in total. The van der Waals surface area contributed by atoms with Gasteiger partial charge in [0.2, 0.25) is 0 Å². The predicted octanol–water partition coefficient (Wildman–Crippen LogP) is 4.88. The Morgan fingerprint density at radius 2 is 1.71 bits per heavy atom. The molecule has 0 aliphatic carbocycles. The van der Waals surface area contributed by atoms with Crippen molar-refractivity contribution in [2.24, 2.45) is 5.92 Å². The molecule has 4 aliphatic heterocycles. The zero-order valence-electron chi connectivity index (χ0n) is 35.0. The molecule has 2 amide bonds. The molecule has 5 aromatic rings. The average molecular weight is 862 g/mol. The van der Waals surface area contributed by atoms with Gasteiger partial charge in [-0.05, 0) is 81.2 Å². The van der Waals surface area contributed by atoms with Crippen LogP contribution < -0.4 is 30.5 Å². The van der Waals surface area contributed by atoms with E-state index in [1.54, 1.807) is 47.0 Å². The van der Waals surface area contributed by atoms with Crippen LogP contribution in [0.15, 0.2) is 66.5 Å². The number of ether oxygens (including phenoxy) is 1. The van der Waals surface area contributed by atoms with Crippen molar-refractivity contribution in [2.45, 2.75) is 69.6 Å². The molecule has 16 nitrogen and oxygen atoms in total. The number of benzene rings is 2. The molecule has 0 radical (unpaired) electrons. The molecule has 3 aromatic heterocycles. The second kappa shape index (κ2) is 18.0. The molecule has 63 heavy (non-hydrogen) atoms. The van der Waals surface area contributed by atoms with Crippen LogP contribution in [-0.4, -0.2) is 118 Å². The molecular weight excluding hydrogens is 813 g/mol. The number of allylic oxidation sites excluding steroid dienone is 1. The topological polar surface area (TPSA) is 171 Å². The number of carbonyl (C=O) groups is 2. The largest absolute Gasteiger partial charge is 0.496 e. The van der Waals surface area contributed by atoms with E-state index in [0.29, 0.717) is 54.4 Å². The van der Waals surface area contributed by atoms with Crippen LogP contribution >= 0.6 is 0 Å². The summed E-state index contributed by atoms with van der Waals surface area (Å²) in [5.74, 6) is 2.26. The summed E-state index contributed by atoms with van der Waals surface area (Å²) >= 11 is 0. The maximum atomic E-state index is 15.6. The van der Waals surface area contributed by atoms with E-state index in [-0.39, 0.29) is 47.5 Å². The first kappa shape index (κ1) is 41.7. The zero-order chi connectivity index (χ0) is 43.6. The summed E-state index contributed by atoms with van der Waals surface area (Å²) in [7, 11) is 1.39. The molecule has 0 saturated carbocycles. The monoisotopic (exact) mass is 861 g/mol. The number of amides is 2. The minimum atomic E-state index is -0.836. The number of carbonyl (C=O) groups excluding carboxylic acids is 4. The van der Waals surface area contributed by atoms with Crippen LogP contribution in [0.2, 0.25) is 0 Å². The van der Waals surface area contributed by atoms with E-state index in [0.717, 1.165) is 75.0 Å². The van der Waals surface area contributed by atoms with E-state index in [1.807, 2.05) is 12.1 Å². The summed E-state index contributed by atoms with van der Waals surface area (Å²) in [4.78, 5) is 56.2. The van der Waals surface area contributed by atoms with Gasteiger partial charge >= 0.3 is 0 Å². The van der Waals surface area contributed by atoms with Crippen molar-refractivity contribution in [3.63, 3.8) is 0 Å². The smallest absolute Gasteiger partial charge is 0.259 e. The van der Waals surface area contributed by atoms with Crippen molar-refractivity contribution < 1.29 is 32.7 Å². The van der Waals surface area contributed by atoms with Crippen molar-refractivity contribution in [2.75, 3.05) is 68.0 Å². The number of piperidine rings is 4. The second-order valence-corrected chi connectivity index (χ2v) is 16.9. The van der Waals surface area contributed by atoms with Gasteiger partial charge in [0.15, 0.2) is 5.65 Å². The number of likely N-dealkylation sites (tertiary alicyclic amines) is 1. The quantitative estimate of drug-likeness (QED) is 0.163. The van der Waals surface area contributed by atoms with E-state index in [2.05, 4.69) is 51.7 Å². The highest BCUT2D eigenvalue weighted by molar-refractivity contribution is 6.10. The number of methoxy groups -OCH3 is 1. The number of anilines is 3. The van der Waals surface area contributed by atoms with E-state index < -0.39 is 23.9 Å². The standard InChI is InChI=1S/C45H49F2N11O5/c1-63-41-21-33(20-35(47)42(41)45(62)50-36-5-4-31(25-59)49-39(36)26-60)55-15-6-28(7-16-55)23-54-13-10-32(11-14-54)58-24-29-19-38(40(22-37(29)53-58)56-17-8-30(46)9-18-56)51-44(61)34-3-2-12-57-27-48-52-43(34)57/h2-3,12,19-22,24,27-28,30,32,36,49H,4-11,13-18,23H2,1H3,(H,50,62)(H,51,61)/t36-/m0/s1. The molecule has 9 rings (SSSR count). The lowest BCUT2D eigenvalue weighted by molar-refractivity contribution is 0.0930. The number of nitrogens with zero attached hydrogens (tertiary/aromatic N) is 8. The van der Waals surface area contributed by atoms with Gasteiger partial charge in [0.1, 0.15) is 52.9 Å². The minimum absolute atomic E-state index is 0.0104. The molecular formula is C45H49F2N11O5. The average Bonchev–Trinajstić information content (AvgIpc) is 3.97. The van der Waals surface area contributed by atoms with E-state index in [1.165, 1.54) is 13.2 Å². The van der Waals surface area contributed by atoms with Crippen molar-refractivity contribution in [1.29, 1.82) is 0 Å². The van der Waals surface area contributed by atoms with E-state index in [9.17, 15) is 23.6 Å². The molecule has 1 atom stereocenters. The van der Waals surface area contributed by atoms with Crippen LogP contribution in [0, 0.1) is 11.7 Å². The number of halogens is 2. The number of fused-ring (bicyclic) bond motifs is 2. The number of hydrogen-bond donors (Lipinski definition) is 3. The van der Waals surface area contributed by atoms with Gasteiger partial charge in [0.25, 0.3) is 11.8 Å². The normalized spacial score (nSPS) is 19.5. The van der Waals surface area contributed by atoms with Crippen LogP contribution in [-0.2, 0) is 9.59 Å². The second-order valence-electron chi connectivity index (χ2n) is 16.9. The van der Waals surface area contributed by atoms with Gasteiger partial charge in [0, 0.05) is 81.8 Å². The number of rotatable bonds is 10. The fourth-order valence-electron chi connectivity index (χ4n) is 9.47. The third kappa shape index (κ3) is 8.74. The Morgan fingerprint density at radius 1 is 0.937 bits per heavy atom. The fraction of sp³-hybridized carbons (Fsp3) is 0.444. The maximum absolute atomic E-state index is 15.6. The van der Waals surface area contributed by atoms with Crippen molar-refractivity contribution in [1.82, 2.24) is 39.9 Å². The molecule has 4 aliphatic rings. The highest BCUT2D eigenvalue weighted by Crippen LogP contribution is 2.36. The molecule has 18 heteroatoms. The number of hydrogen-bond acceptors (Lipinski definition) is 12. The SMILES string of the molecule is COc1cc(N2CCC(CN3CCC(n4cc5cc(NC(=O)c6cccn7cnnc67)c(N6CCC(F)CC6)cc5n4)CC3)CC2)cc(F)c1C(=O)N[C@H]1CCC(=C=O)NC1=C=O. The van der Waals surface area contributed by atoms with Crippen LogP contribution in [0.4, 0.5) is 25.8 Å². The van der Waals surface area contributed by atoms with Crippen molar-refractivity contribution in [3.05, 3.63) is 83.5 Å². The van der Waals surface area contributed by atoms with Crippen LogP contribution in [0.25, 0.3) is 16.6 Å². The minimum Gasteiger partial charge on any atom is -0.496 e. The van der Waals surface area contributed by atoms with Gasteiger partial charge in [-0.3, -0.25) is 18.7 Å². The lowest BCUT2D eigenvalue weighted by Crippen LogP contribution is -2.44. The Labute approximate surface area is 361 Å². The molecule has 0 unspecified atom stereocenters. The molecule has 2 aromatic carbocycles. The van der Waals surface area contributed by atoms with Gasteiger partial charge in [0.05, 0.1) is 41.6 Å². The molecule has 4 fully saturated rings. The molecule has 0 bridgehead atoms. The summed E-state index contributed by atoms with van der Waals surface area (Å²) in [5.41, 5.74) is 3.72. The van der Waals surface area contributed by atoms with Gasteiger partial charge in [-0.1, -0.05) is 0 Å². The molecule has 7 heterocycles. The molecule has 328 valence electrons. The molecule has 0 spiro atoms. The van der Waals surface area contributed by atoms with Crippen molar-refractivity contribution in [3.8, 4) is 5.75 Å². The lowest BCUT2D eigenvalue weighted by Gasteiger charge is -2.38. The first-order chi connectivity index (χ1) is 30.7. The van der Waals surface area contributed by atoms with E-state index >= 15 is 4.39 Å². The Hall–Kier alpha value is -6.61. The third-order valence-corrected chi connectivity index (χ3v) is 13.0. The van der Waals surface area contributed by atoms with Crippen LogP contribution in [0.3, 0.4) is 0 Å². The first-order valence-electron chi connectivity index (χ1n) is 21.6. The summed E-state index contributed by atoms with van der Waals surface area (Å²) < 4.78 is 39.1. The predicted molar refractivity (Wildman–Crippen MR) is 232 cm³/mol. The van der Waals surface area contributed by atoms with Gasteiger partial charge in [-0.2, -0.15) is 5.10 Å². The number of aromatic nitrogens is 5. The Morgan fingerprint density at radius 3 is 2.46 bits per heavy atom.